The van der Waals surface area contributed by atoms with Crippen molar-refractivity contribution in [2.45, 2.75) is 18.7 Å². The zero-order valence-corrected chi connectivity index (χ0v) is 11.8. The van der Waals surface area contributed by atoms with Crippen molar-refractivity contribution in [3.8, 4) is 5.75 Å². The van der Waals surface area contributed by atoms with Crippen LogP contribution in [0.25, 0.3) is 0 Å². The van der Waals surface area contributed by atoms with Gasteiger partial charge in [0.05, 0.1) is 6.42 Å². The molecular formula is C13H17ClF3NO2. The van der Waals surface area contributed by atoms with Gasteiger partial charge in [0, 0.05) is 18.1 Å². The predicted molar refractivity (Wildman–Crippen MR) is 71.1 cm³/mol. The summed E-state index contributed by atoms with van der Waals surface area (Å²) in [5, 5.41) is 10.3. The molecule has 1 atom stereocenters. The third kappa shape index (κ3) is 7.57. The van der Waals surface area contributed by atoms with Crippen molar-refractivity contribution in [3.63, 3.8) is 0 Å². The van der Waals surface area contributed by atoms with Crippen molar-refractivity contribution in [2.75, 3.05) is 26.7 Å². The molecule has 1 aromatic carbocycles. The molecule has 3 nitrogen and oxygen atoms in total. The molecule has 1 N–H and O–H groups in total. The van der Waals surface area contributed by atoms with Gasteiger partial charge < -0.3 is 14.7 Å². The Labute approximate surface area is 120 Å². The van der Waals surface area contributed by atoms with Gasteiger partial charge in [0.1, 0.15) is 18.5 Å². The van der Waals surface area contributed by atoms with Crippen molar-refractivity contribution in [1.29, 1.82) is 0 Å². The Morgan fingerprint density at radius 1 is 1.30 bits per heavy atom. The number of hydrogen-bond acceptors (Lipinski definition) is 3. The number of alkyl halides is 3. The highest BCUT2D eigenvalue weighted by Crippen LogP contribution is 2.19. The summed E-state index contributed by atoms with van der Waals surface area (Å²) < 4.78 is 41.4. The van der Waals surface area contributed by atoms with Crippen LogP contribution in [0.1, 0.15) is 6.42 Å². The first kappa shape index (κ1) is 17.1. The van der Waals surface area contributed by atoms with Crippen molar-refractivity contribution in [1.82, 2.24) is 4.90 Å². The first-order valence-corrected chi connectivity index (χ1v) is 6.46. The molecule has 0 aromatic heterocycles. The number of likely N-dealkylation sites (N-methyl/N-ethyl adjacent to an activating group) is 1. The largest absolute Gasteiger partial charge is 0.491 e. The van der Waals surface area contributed by atoms with Gasteiger partial charge in [0.15, 0.2) is 0 Å². The summed E-state index contributed by atoms with van der Waals surface area (Å²) in [7, 11) is 1.53. The Morgan fingerprint density at radius 3 is 2.45 bits per heavy atom. The summed E-state index contributed by atoms with van der Waals surface area (Å²) in [5.41, 5.74) is 0. The molecule has 0 bridgehead atoms. The number of halogens is 4. The minimum absolute atomic E-state index is 0.0119. The summed E-state index contributed by atoms with van der Waals surface area (Å²) in [6.07, 6.45) is -5.93. The average Bonchev–Trinajstić information content (AvgIpc) is 2.35. The van der Waals surface area contributed by atoms with Crippen LogP contribution in [0.5, 0.6) is 5.75 Å². The summed E-state index contributed by atoms with van der Waals surface area (Å²) in [6.45, 7) is -0.0246. The van der Waals surface area contributed by atoms with Gasteiger partial charge in [0.25, 0.3) is 0 Å². The molecule has 7 heteroatoms. The van der Waals surface area contributed by atoms with Crippen molar-refractivity contribution in [3.05, 3.63) is 29.3 Å². The van der Waals surface area contributed by atoms with Crippen LogP contribution >= 0.6 is 11.6 Å². The smallest absolute Gasteiger partial charge is 0.390 e. The lowest BCUT2D eigenvalue weighted by molar-refractivity contribution is -0.138. The molecule has 0 spiro atoms. The molecule has 0 saturated heterocycles. The van der Waals surface area contributed by atoms with E-state index in [1.54, 1.807) is 24.3 Å². The number of hydrogen-bond donors (Lipinski definition) is 1. The predicted octanol–water partition coefficient (Wildman–Crippen LogP) is 2.96. The van der Waals surface area contributed by atoms with Crippen molar-refractivity contribution < 1.29 is 23.0 Å². The second-order valence-corrected chi connectivity index (χ2v) is 4.98. The average molecular weight is 312 g/mol. The van der Waals surface area contributed by atoms with E-state index in [1.807, 2.05) is 0 Å². The number of benzene rings is 1. The molecule has 0 saturated carbocycles. The quantitative estimate of drug-likeness (QED) is 0.840. The van der Waals surface area contributed by atoms with Crippen LogP contribution in [0.3, 0.4) is 0 Å². The van der Waals surface area contributed by atoms with Crippen LogP contribution in [0.15, 0.2) is 24.3 Å². The number of ether oxygens (including phenoxy) is 1. The Kier molecular flexibility index (Phi) is 6.58. The fraction of sp³-hybridized carbons (Fsp3) is 0.538. The van der Waals surface area contributed by atoms with Gasteiger partial charge in [-0.15, -0.1) is 0 Å². The minimum Gasteiger partial charge on any atom is -0.491 e. The summed E-state index contributed by atoms with van der Waals surface area (Å²) >= 11 is 5.71. The van der Waals surface area contributed by atoms with E-state index in [0.717, 1.165) is 0 Å². The molecule has 0 radical (unpaired) electrons. The van der Waals surface area contributed by atoms with Crippen LogP contribution in [0.4, 0.5) is 13.2 Å². The van der Waals surface area contributed by atoms with Crippen molar-refractivity contribution >= 4 is 11.6 Å². The van der Waals surface area contributed by atoms with Gasteiger partial charge in [0.2, 0.25) is 0 Å². The summed E-state index contributed by atoms with van der Waals surface area (Å²) in [4.78, 5) is 1.42. The first-order chi connectivity index (χ1) is 9.26. The van der Waals surface area contributed by atoms with Crippen molar-refractivity contribution in [2.24, 2.45) is 0 Å². The molecular weight excluding hydrogens is 295 g/mol. The van der Waals surface area contributed by atoms with Crippen LogP contribution in [-0.2, 0) is 0 Å². The number of nitrogens with zero attached hydrogens (tertiary/aromatic N) is 1. The van der Waals surface area contributed by atoms with E-state index in [4.69, 9.17) is 16.3 Å². The van der Waals surface area contributed by atoms with Gasteiger partial charge in [-0.25, -0.2) is 0 Å². The number of aliphatic hydroxyl groups is 1. The molecule has 0 heterocycles. The molecule has 0 amide bonds. The standard InChI is InChI=1S/C13H17ClF3NO2/c1-18(7-6-13(15,16)17)8-11(19)9-20-12-4-2-10(14)3-5-12/h2-5,11,19H,6-9H2,1H3. The van der Waals surface area contributed by atoms with E-state index in [2.05, 4.69) is 0 Å². The molecule has 1 rings (SSSR count). The highest BCUT2D eigenvalue weighted by Gasteiger charge is 2.27. The fourth-order valence-electron chi connectivity index (χ4n) is 1.54. The lowest BCUT2D eigenvalue weighted by Crippen LogP contribution is -2.35. The molecule has 1 unspecified atom stereocenters. The van der Waals surface area contributed by atoms with Gasteiger partial charge in [-0.1, -0.05) is 11.6 Å². The Balaban J connectivity index is 2.25. The molecule has 0 aliphatic rings. The maximum Gasteiger partial charge on any atom is 0.390 e. The summed E-state index contributed by atoms with van der Waals surface area (Å²) in [5.74, 6) is 0.548. The maximum absolute atomic E-state index is 12.0. The highest BCUT2D eigenvalue weighted by molar-refractivity contribution is 6.30. The third-order valence-electron chi connectivity index (χ3n) is 2.56. The van der Waals surface area contributed by atoms with Crippen LogP contribution in [0, 0.1) is 0 Å². The normalized spacial score (nSPS) is 13.6. The second-order valence-electron chi connectivity index (χ2n) is 4.55. The highest BCUT2D eigenvalue weighted by atomic mass is 35.5. The Hall–Kier alpha value is -0.980. The topological polar surface area (TPSA) is 32.7 Å². The zero-order valence-electron chi connectivity index (χ0n) is 11.0. The Morgan fingerprint density at radius 2 is 1.90 bits per heavy atom. The van der Waals surface area contributed by atoms with E-state index in [-0.39, 0.29) is 19.7 Å². The fourth-order valence-corrected chi connectivity index (χ4v) is 1.67. The van der Waals surface area contributed by atoms with E-state index in [0.29, 0.717) is 10.8 Å². The maximum atomic E-state index is 12.0. The number of aliphatic hydroxyl groups excluding tert-OH is 1. The van der Waals surface area contributed by atoms with Crippen LogP contribution < -0.4 is 4.74 Å². The van der Waals surface area contributed by atoms with Crippen LogP contribution in [-0.4, -0.2) is 49.0 Å². The SMILES string of the molecule is CN(CCC(F)(F)F)CC(O)COc1ccc(Cl)cc1. The van der Waals surface area contributed by atoms with Gasteiger partial charge in [-0.2, -0.15) is 13.2 Å². The molecule has 114 valence electrons. The summed E-state index contributed by atoms with van der Waals surface area (Å²) in [6, 6.07) is 6.61. The first-order valence-electron chi connectivity index (χ1n) is 6.08. The third-order valence-corrected chi connectivity index (χ3v) is 2.81. The van der Waals surface area contributed by atoms with Gasteiger partial charge in [-0.05, 0) is 31.3 Å². The number of rotatable bonds is 7. The minimum atomic E-state index is -4.18. The van der Waals surface area contributed by atoms with E-state index >= 15 is 0 Å². The second kappa shape index (κ2) is 7.71. The van der Waals surface area contributed by atoms with E-state index < -0.39 is 18.7 Å². The zero-order chi connectivity index (χ0) is 15.2. The monoisotopic (exact) mass is 311 g/mol. The van der Waals surface area contributed by atoms with E-state index in [9.17, 15) is 18.3 Å². The molecule has 20 heavy (non-hydrogen) atoms. The van der Waals surface area contributed by atoms with Crippen LogP contribution in [0.2, 0.25) is 5.02 Å². The molecule has 0 fully saturated rings. The van der Waals surface area contributed by atoms with Gasteiger partial charge in [-0.3, -0.25) is 0 Å². The lowest BCUT2D eigenvalue weighted by Gasteiger charge is -2.21. The molecule has 0 aliphatic heterocycles. The molecule has 0 aliphatic carbocycles. The lowest BCUT2D eigenvalue weighted by atomic mass is 10.3. The molecule has 1 aromatic rings. The Bertz CT molecular complexity index is 398. The van der Waals surface area contributed by atoms with Gasteiger partial charge >= 0.3 is 6.18 Å². The van der Waals surface area contributed by atoms with E-state index in [1.165, 1.54) is 11.9 Å².